The SMILES string of the molecule is CO[C@H](CC/C=C/C(=O)Nc1ccccc1N)[C@H](OC(=O)Nc1cccc2ccccc12)c1ccc(O)cc1. The third-order valence-electron chi connectivity index (χ3n) is 6.23. The highest BCUT2D eigenvalue weighted by Crippen LogP contribution is 2.29. The summed E-state index contributed by atoms with van der Waals surface area (Å²) >= 11 is 0. The van der Waals surface area contributed by atoms with Gasteiger partial charge in [-0.2, -0.15) is 0 Å². The molecule has 0 unspecified atom stereocenters. The number of allylic oxidation sites excluding steroid dienone is 1. The number of methoxy groups -OCH3 is 1. The molecule has 0 fully saturated rings. The molecular weight excluding hydrogens is 494 g/mol. The lowest BCUT2D eigenvalue weighted by atomic mass is 10.00. The first-order valence-electron chi connectivity index (χ1n) is 12.5. The Morgan fingerprint density at radius 3 is 2.36 bits per heavy atom. The molecule has 8 heteroatoms. The summed E-state index contributed by atoms with van der Waals surface area (Å²) in [5.74, 6) is -0.206. The Labute approximate surface area is 227 Å². The predicted octanol–water partition coefficient (Wildman–Crippen LogP) is 6.41. The summed E-state index contributed by atoms with van der Waals surface area (Å²) in [7, 11) is 1.54. The first-order valence-corrected chi connectivity index (χ1v) is 12.5. The maximum absolute atomic E-state index is 13.0. The average Bonchev–Trinajstić information content (AvgIpc) is 2.94. The summed E-state index contributed by atoms with van der Waals surface area (Å²) in [6.45, 7) is 0. The fourth-order valence-corrected chi connectivity index (χ4v) is 4.24. The molecule has 200 valence electrons. The van der Waals surface area contributed by atoms with Crippen molar-refractivity contribution in [2.24, 2.45) is 0 Å². The molecule has 0 saturated carbocycles. The van der Waals surface area contributed by atoms with E-state index >= 15 is 0 Å². The number of benzene rings is 4. The van der Waals surface area contributed by atoms with Crippen molar-refractivity contribution in [1.29, 1.82) is 0 Å². The molecule has 4 aromatic rings. The number of anilines is 3. The van der Waals surface area contributed by atoms with E-state index in [2.05, 4.69) is 10.6 Å². The van der Waals surface area contributed by atoms with Gasteiger partial charge in [-0.05, 0) is 60.2 Å². The molecular formula is C31H31N3O5. The third-order valence-corrected chi connectivity index (χ3v) is 6.23. The molecule has 2 atom stereocenters. The van der Waals surface area contributed by atoms with Crippen molar-refractivity contribution in [1.82, 2.24) is 0 Å². The summed E-state index contributed by atoms with van der Waals surface area (Å²) in [5, 5.41) is 17.2. The van der Waals surface area contributed by atoms with Gasteiger partial charge in [0.25, 0.3) is 0 Å². The van der Waals surface area contributed by atoms with Crippen LogP contribution >= 0.6 is 0 Å². The van der Waals surface area contributed by atoms with Crippen LogP contribution in [0.25, 0.3) is 10.8 Å². The van der Waals surface area contributed by atoms with Gasteiger partial charge >= 0.3 is 6.09 Å². The van der Waals surface area contributed by atoms with Crippen molar-refractivity contribution in [2.45, 2.75) is 25.0 Å². The molecule has 0 spiro atoms. The molecule has 0 aliphatic carbocycles. The van der Waals surface area contributed by atoms with Crippen LogP contribution in [0.2, 0.25) is 0 Å². The Bertz CT molecular complexity index is 1450. The highest BCUT2D eigenvalue weighted by atomic mass is 16.6. The van der Waals surface area contributed by atoms with Gasteiger partial charge in [0.2, 0.25) is 5.91 Å². The molecule has 0 saturated heterocycles. The molecule has 0 aromatic heterocycles. The number of amides is 2. The summed E-state index contributed by atoms with van der Waals surface area (Å²) < 4.78 is 11.6. The van der Waals surface area contributed by atoms with E-state index in [9.17, 15) is 14.7 Å². The number of hydrogen-bond acceptors (Lipinski definition) is 6. The van der Waals surface area contributed by atoms with Gasteiger partial charge in [0.15, 0.2) is 6.10 Å². The Hall–Kier alpha value is -4.82. The van der Waals surface area contributed by atoms with Crippen molar-refractivity contribution in [3.05, 3.63) is 109 Å². The molecule has 0 bridgehead atoms. The average molecular weight is 526 g/mol. The summed E-state index contributed by atoms with van der Waals surface area (Å²) in [4.78, 5) is 25.3. The Kier molecular flexibility index (Phi) is 9.16. The van der Waals surface area contributed by atoms with Crippen LogP contribution in [0.1, 0.15) is 24.5 Å². The monoisotopic (exact) mass is 525 g/mol. The minimum Gasteiger partial charge on any atom is -0.508 e. The number of ether oxygens (including phenoxy) is 2. The van der Waals surface area contributed by atoms with Gasteiger partial charge in [-0.15, -0.1) is 0 Å². The van der Waals surface area contributed by atoms with Crippen LogP contribution in [0.15, 0.2) is 103 Å². The summed E-state index contributed by atoms with van der Waals surface area (Å²) in [6.07, 6.45) is 2.18. The standard InChI is InChI=1S/C31H31N3O5/c1-38-28(15-6-7-16-29(36)33-27-13-5-4-12-25(27)32)30(22-17-19-23(35)20-18-22)39-31(37)34-26-14-8-10-21-9-2-3-11-24(21)26/h2-5,7-14,16-20,28,30,35H,6,15,32H2,1H3,(H,33,36)(H,34,37)/b16-7+/t28-,30-/m1/s1. The van der Waals surface area contributed by atoms with E-state index in [0.29, 0.717) is 35.5 Å². The predicted molar refractivity (Wildman–Crippen MR) is 154 cm³/mol. The van der Waals surface area contributed by atoms with Crippen LogP contribution in [0.3, 0.4) is 0 Å². The molecule has 0 aliphatic rings. The van der Waals surface area contributed by atoms with Crippen molar-refractivity contribution in [3.8, 4) is 5.75 Å². The fourth-order valence-electron chi connectivity index (χ4n) is 4.24. The van der Waals surface area contributed by atoms with Crippen LogP contribution < -0.4 is 16.4 Å². The molecule has 4 rings (SSSR count). The van der Waals surface area contributed by atoms with E-state index in [0.717, 1.165) is 10.8 Å². The number of fused-ring (bicyclic) bond motifs is 1. The second-order valence-electron chi connectivity index (χ2n) is 8.90. The highest BCUT2D eigenvalue weighted by Gasteiger charge is 2.27. The molecule has 0 radical (unpaired) electrons. The van der Waals surface area contributed by atoms with Gasteiger partial charge < -0.3 is 25.6 Å². The largest absolute Gasteiger partial charge is 0.508 e. The zero-order chi connectivity index (χ0) is 27.6. The van der Waals surface area contributed by atoms with Crippen molar-refractivity contribution < 1.29 is 24.2 Å². The minimum absolute atomic E-state index is 0.0969. The van der Waals surface area contributed by atoms with Crippen molar-refractivity contribution in [2.75, 3.05) is 23.5 Å². The van der Waals surface area contributed by atoms with Crippen LogP contribution in [0, 0.1) is 0 Å². The van der Waals surface area contributed by atoms with Crippen molar-refractivity contribution >= 4 is 39.8 Å². The number of phenolic OH excluding ortho intramolecular Hbond substituents is 1. The second kappa shape index (κ2) is 13.1. The molecule has 0 heterocycles. The number of hydrogen-bond donors (Lipinski definition) is 4. The Morgan fingerprint density at radius 2 is 1.59 bits per heavy atom. The zero-order valence-corrected chi connectivity index (χ0v) is 21.5. The van der Waals surface area contributed by atoms with E-state index in [4.69, 9.17) is 15.2 Å². The first kappa shape index (κ1) is 27.2. The lowest BCUT2D eigenvalue weighted by Gasteiger charge is -2.26. The fraction of sp³-hybridized carbons (Fsp3) is 0.161. The zero-order valence-electron chi connectivity index (χ0n) is 21.5. The van der Waals surface area contributed by atoms with Crippen LogP contribution in [-0.4, -0.2) is 30.3 Å². The number of rotatable bonds is 10. The van der Waals surface area contributed by atoms with Gasteiger partial charge in [0.1, 0.15) is 5.75 Å². The van der Waals surface area contributed by atoms with Gasteiger partial charge in [-0.1, -0.05) is 66.7 Å². The van der Waals surface area contributed by atoms with Crippen LogP contribution in [-0.2, 0) is 14.3 Å². The summed E-state index contributed by atoms with van der Waals surface area (Å²) in [5.41, 5.74) is 8.19. The van der Waals surface area contributed by atoms with E-state index < -0.39 is 18.3 Å². The highest BCUT2D eigenvalue weighted by molar-refractivity contribution is 6.01. The number of phenols is 1. The number of nitrogen functional groups attached to an aromatic ring is 1. The Morgan fingerprint density at radius 1 is 0.897 bits per heavy atom. The molecule has 5 N–H and O–H groups in total. The smallest absolute Gasteiger partial charge is 0.412 e. The van der Waals surface area contributed by atoms with Gasteiger partial charge in [-0.3, -0.25) is 10.1 Å². The number of nitrogens with one attached hydrogen (secondary N) is 2. The summed E-state index contributed by atoms with van der Waals surface area (Å²) in [6, 6.07) is 26.8. The van der Waals surface area contributed by atoms with Crippen LogP contribution in [0.4, 0.5) is 21.9 Å². The number of para-hydroxylation sites is 2. The number of carbonyl (C=O) groups is 2. The first-order chi connectivity index (χ1) is 18.9. The third kappa shape index (κ3) is 7.37. The minimum atomic E-state index is -0.767. The molecule has 2 amide bonds. The maximum Gasteiger partial charge on any atom is 0.412 e. The second-order valence-corrected chi connectivity index (χ2v) is 8.90. The number of nitrogens with two attached hydrogens (primary N) is 1. The number of aromatic hydroxyl groups is 1. The van der Waals surface area contributed by atoms with E-state index in [1.54, 1.807) is 49.6 Å². The maximum atomic E-state index is 13.0. The van der Waals surface area contributed by atoms with E-state index in [1.807, 2.05) is 42.5 Å². The van der Waals surface area contributed by atoms with Gasteiger partial charge in [0.05, 0.1) is 23.2 Å². The quantitative estimate of drug-likeness (QED) is 0.140. The lowest BCUT2D eigenvalue weighted by molar-refractivity contribution is -0.111. The normalized spacial score (nSPS) is 12.6. The van der Waals surface area contributed by atoms with E-state index in [1.165, 1.54) is 18.2 Å². The topological polar surface area (TPSA) is 123 Å². The Balaban J connectivity index is 1.44. The number of carbonyl (C=O) groups excluding carboxylic acids is 2. The molecule has 39 heavy (non-hydrogen) atoms. The van der Waals surface area contributed by atoms with Gasteiger partial charge in [-0.25, -0.2) is 4.79 Å². The molecule has 0 aliphatic heterocycles. The molecule has 8 nitrogen and oxygen atoms in total. The van der Waals surface area contributed by atoms with E-state index in [-0.39, 0.29) is 11.7 Å². The lowest BCUT2D eigenvalue weighted by Crippen LogP contribution is -2.28. The molecule has 4 aromatic carbocycles. The van der Waals surface area contributed by atoms with Gasteiger partial charge in [0, 0.05) is 12.5 Å². The van der Waals surface area contributed by atoms with Crippen molar-refractivity contribution in [3.63, 3.8) is 0 Å². The van der Waals surface area contributed by atoms with Crippen LogP contribution in [0.5, 0.6) is 5.75 Å².